The molecule has 0 atom stereocenters. The van der Waals surface area contributed by atoms with E-state index in [1.165, 1.54) is 55.8 Å². The van der Waals surface area contributed by atoms with Crippen LogP contribution in [0.3, 0.4) is 0 Å². The van der Waals surface area contributed by atoms with Gasteiger partial charge in [-0.3, -0.25) is 4.79 Å². The summed E-state index contributed by atoms with van der Waals surface area (Å²) in [6.07, 6.45) is -1.09. The van der Waals surface area contributed by atoms with E-state index in [9.17, 15) is 13.6 Å². The highest BCUT2D eigenvalue weighted by atomic mass is 19.3. The molecular weight excluding hydrogens is 392 g/mol. The zero-order chi connectivity index (χ0) is 21.8. The van der Waals surface area contributed by atoms with Crippen LogP contribution in [0.2, 0.25) is 0 Å². The van der Waals surface area contributed by atoms with Gasteiger partial charge in [-0.2, -0.15) is 5.26 Å². The molecule has 30 heavy (non-hydrogen) atoms. The molecule has 0 unspecified atom stereocenters. The van der Waals surface area contributed by atoms with E-state index in [2.05, 4.69) is 4.98 Å². The molecule has 8 heteroatoms. The van der Waals surface area contributed by atoms with Crippen molar-refractivity contribution in [2.45, 2.75) is 13.3 Å². The van der Waals surface area contributed by atoms with Crippen molar-refractivity contribution in [2.75, 3.05) is 7.11 Å². The Hall–Kier alpha value is -3.99. The minimum Gasteiger partial charge on any atom is -0.493 e. The average molecular weight is 409 g/mol. The highest BCUT2D eigenvalue weighted by Crippen LogP contribution is 2.36. The van der Waals surface area contributed by atoms with Gasteiger partial charge in [0.15, 0.2) is 11.5 Å². The van der Waals surface area contributed by atoms with Crippen LogP contribution in [0.15, 0.2) is 48.7 Å². The Bertz CT molecular complexity index is 1140. The van der Waals surface area contributed by atoms with Crippen molar-refractivity contribution in [1.82, 2.24) is 4.98 Å². The first-order chi connectivity index (χ1) is 14.3. The van der Waals surface area contributed by atoms with E-state index in [0.717, 1.165) is 0 Å². The topological polar surface area (TPSA) is 98.2 Å². The van der Waals surface area contributed by atoms with Crippen molar-refractivity contribution < 1.29 is 23.0 Å². The minimum absolute atomic E-state index is 0.0315. The van der Waals surface area contributed by atoms with E-state index in [1.807, 2.05) is 6.07 Å². The summed E-state index contributed by atoms with van der Waals surface area (Å²) < 4.78 is 36.6. The van der Waals surface area contributed by atoms with Gasteiger partial charge in [0.1, 0.15) is 5.56 Å². The summed E-state index contributed by atoms with van der Waals surface area (Å²) >= 11 is 0. The highest BCUT2D eigenvalue weighted by molar-refractivity contribution is 5.98. The quantitative estimate of drug-likeness (QED) is 0.633. The van der Waals surface area contributed by atoms with E-state index < -0.39 is 12.3 Å². The molecule has 1 amide bonds. The second kappa shape index (κ2) is 8.57. The van der Waals surface area contributed by atoms with Crippen LogP contribution < -0.4 is 15.2 Å². The molecule has 0 saturated carbocycles. The number of hydrogen-bond donors (Lipinski definition) is 1. The lowest BCUT2D eigenvalue weighted by Crippen LogP contribution is -2.15. The van der Waals surface area contributed by atoms with Gasteiger partial charge >= 0.3 is 0 Å². The van der Waals surface area contributed by atoms with Gasteiger partial charge in [0.2, 0.25) is 5.88 Å². The molecular formula is C22H17F2N3O3. The average Bonchev–Trinajstić information content (AvgIpc) is 2.74. The molecule has 152 valence electrons. The fourth-order valence-corrected chi connectivity index (χ4v) is 2.97. The van der Waals surface area contributed by atoms with E-state index in [4.69, 9.17) is 20.5 Å². The molecule has 3 rings (SSSR count). The molecule has 0 aliphatic carbocycles. The van der Waals surface area contributed by atoms with Crippen LogP contribution in [0, 0.1) is 18.3 Å². The number of benzene rings is 2. The lowest BCUT2D eigenvalue weighted by atomic mass is 9.98. The maximum Gasteiger partial charge on any atom is 0.263 e. The van der Waals surface area contributed by atoms with Gasteiger partial charge in [0, 0.05) is 23.4 Å². The van der Waals surface area contributed by atoms with Crippen LogP contribution in [0.25, 0.3) is 11.1 Å². The van der Waals surface area contributed by atoms with Crippen molar-refractivity contribution >= 4 is 5.91 Å². The smallest absolute Gasteiger partial charge is 0.263 e. The lowest BCUT2D eigenvalue weighted by molar-refractivity contribution is 0.0996. The maximum atomic E-state index is 12.8. The number of halogens is 2. The number of carbonyl (C=O) groups excluding carboxylic acids is 1. The molecule has 0 aliphatic rings. The number of amides is 1. The lowest BCUT2D eigenvalue weighted by Gasteiger charge is -2.15. The predicted octanol–water partition coefficient (Wildman–Crippen LogP) is 4.77. The number of alkyl halides is 2. The number of pyridine rings is 1. The monoisotopic (exact) mass is 409 g/mol. The normalized spacial score (nSPS) is 10.5. The molecule has 2 aromatic carbocycles. The number of nitrogens with zero attached hydrogens (tertiary/aromatic N) is 2. The Morgan fingerprint density at radius 1 is 1.17 bits per heavy atom. The Morgan fingerprint density at radius 3 is 2.43 bits per heavy atom. The second-order valence-electron chi connectivity index (χ2n) is 6.34. The first-order valence-corrected chi connectivity index (χ1v) is 8.79. The zero-order valence-corrected chi connectivity index (χ0v) is 16.1. The molecule has 1 heterocycles. The van der Waals surface area contributed by atoms with Gasteiger partial charge in [0.25, 0.3) is 12.3 Å². The molecule has 0 spiro atoms. The molecule has 3 aromatic rings. The first-order valence-electron chi connectivity index (χ1n) is 8.79. The molecule has 0 aliphatic heterocycles. The predicted molar refractivity (Wildman–Crippen MR) is 106 cm³/mol. The molecule has 0 saturated heterocycles. The van der Waals surface area contributed by atoms with Gasteiger partial charge in [0.05, 0.1) is 18.7 Å². The molecule has 0 fully saturated rings. The second-order valence-corrected chi connectivity index (χ2v) is 6.34. The van der Waals surface area contributed by atoms with E-state index >= 15 is 0 Å². The number of hydrogen-bond acceptors (Lipinski definition) is 5. The van der Waals surface area contributed by atoms with Crippen molar-refractivity contribution in [2.24, 2.45) is 5.73 Å². The summed E-state index contributed by atoms with van der Waals surface area (Å²) in [5.41, 5.74) is 7.54. The van der Waals surface area contributed by atoms with Gasteiger partial charge in [-0.15, -0.1) is 0 Å². The van der Waals surface area contributed by atoms with E-state index in [0.29, 0.717) is 22.3 Å². The van der Waals surface area contributed by atoms with Crippen molar-refractivity contribution in [3.05, 3.63) is 70.9 Å². The summed E-state index contributed by atoms with van der Waals surface area (Å²) in [5.74, 6) is -0.250. The van der Waals surface area contributed by atoms with Gasteiger partial charge < -0.3 is 15.2 Å². The fraction of sp³-hybridized carbons (Fsp3) is 0.136. The van der Waals surface area contributed by atoms with Gasteiger partial charge in [-0.05, 0) is 30.2 Å². The number of primary amides is 1. The summed E-state index contributed by atoms with van der Waals surface area (Å²) in [7, 11) is 1.42. The standard InChI is InChI=1S/C22H17F2N3O3/c1-12-16(14-4-6-15(7-5-14)20(23)24)11-27-22(19(12)21(26)28)30-17-8-3-13(10-25)9-18(17)29-2/h3-9,11,20H,1-2H3,(H2,26,28). The molecule has 2 N–H and O–H groups in total. The van der Waals surface area contributed by atoms with Crippen LogP contribution in [0.5, 0.6) is 17.4 Å². The first kappa shape index (κ1) is 20.7. The number of nitrogens with two attached hydrogens (primary N) is 1. The number of methoxy groups -OCH3 is 1. The SMILES string of the molecule is COc1cc(C#N)ccc1Oc1ncc(-c2ccc(C(F)F)cc2)c(C)c1C(N)=O. The van der Waals surface area contributed by atoms with Crippen LogP contribution >= 0.6 is 0 Å². The summed E-state index contributed by atoms with van der Waals surface area (Å²) in [6.45, 7) is 1.67. The summed E-state index contributed by atoms with van der Waals surface area (Å²) in [6, 6.07) is 12.2. The maximum absolute atomic E-state index is 12.8. The number of rotatable bonds is 6. The Morgan fingerprint density at radius 2 is 1.87 bits per heavy atom. The molecule has 0 radical (unpaired) electrons. The number of carbonyl (C=O) groups is 1. The molecule has 6 nitrogen and oxygen atoms in total. The van der Waals surface area contributed by atoms with Gasteiger partial charge in [-0.1, -0.05) is 24.3 Å². The van der Waals surface area contributed by atoms with Crippen LogP contribution in [0.4, 0.5) is 8.78 Å². The van der Waals surface area contributed by atoms with Crippen molar-refractivity contribution in [1.29, 1.82) is 5.26 Å². The Labute approximate surface area is 171 Å². The fourth-order valence-electron chi connectivity index (χ4n) is 2.97. The van der Waals surface area contributed by atoms with E-state index in [1.54, 1.807) is 6.92 Å². The number of ether oxygens (including phenoxy) is 2. The molecule has 0 bridgehead atoms. The van der Waals surface area contributed by atoms with Crippen LogP contribution in [-0.4, -0.2) is 18.0 Å². The van der Waals surface area contributed by atoms with Gasteiger partial charge in [-0.25, -0.2) is 13.8 Å². The third-order valence-corrected chi connectivity index (χ3v) is 4.52. The molecule has 1 aromatic heterocycles. The highest BCUT2D eigenvalue weighted by Gasteiger charge is 2.20. The number of nitriles is 1. The van der Waals surface area contributed by atoms with Crippen LogP contribution in [0.1, 0.15) is 33.5 Å². The minimum atomic E-state index is -2.57. The zero-order valence-electron chi connectivity index (χ0n) is 16.1. The summed E-state index contributed by atoms with van der Waals surface area (Å²) in [4.78, 5) is 16.4. The van der Waals surface area contributed by atoms with Crippen molar-refractivity contribution in [3.63, 3.8) is 0 Å². The Balaban J connectivity index is 2.05. The van der Waals surface area contributed by atoms with Crippen LogP contribution in [-0.2, 0) is 0 Å². The summed E-state index contributed by atoms with van der Waals surface area (Å²) in [5, 5.41) is 9.02. The largest absolute Gasteiger partial charge is 0.493 e. The third-order valence-electron chi connectivity index (χ3n) is 4.52. The van der Waals surface area contributed by atoms with E-state index in [-0.39, 0.29) is 28.5 Å². The number of aromatic nitrogens is 1. The van der Waals surface area contributed by atoms with Crippen molar-refractivity contribution in [3.8, 4) is 34.6 Å². The third kappa shape index (κ3) is 4.05. The Kier molecular flexibility index (Phi) is 5.93.